The maximum Gasteiger partial charge on any atom is 0.397 e. The van der Waals surface area contributed by atoms with Gasteiger partial charge in [-0.2, -0.15) is 8.42 Å². The molecule has 0 aromatic carbocycles. The van der Waals surface area contributed by atoms with E-state index in [2.05, 4.69) is 47.2 Å². The first-order valence-electron chi connectivity index (χ1n) is 21.4. The maximum absolute atomic E-state index is 12.4. The Balaban J connectivity index is 0. The highest BCUT2D eigenvalue weighted by molar-refractivity contribution is 7.80. The first-order chi connectivity index (χ1) is 25.2. The lowest BCUT2D eigenvalue weighted by atomic mass is 10.0. The number of unbranched alkanes of at least 4 members (excludes halogenated alkanes) is 22. The highest BCUT2D eigenvalue weighted by atomic mass is 32.3. The number of rotatable bonds is 39. The lowest BCUT2D eigenvalue weighted by molar-refractivity contribution is -0.119. The van der Waals surface area contributed by atoms with Crippen molar-refractivity contribution in [3.05, 3.63) is 24.3 Å². The molecule has 0 spiro atoms. The van der Waals surface area contributed by atoms with Gasteiger partial charge in [0.1, 0.15) is 11.6 Å². The van der Waals surface area contributed by atoms with Gasteiger partial charge in [-0.3, -0.25) is 18.3 Å². The molecule has 0 fully saturated rings. The van der Waals surface area contributed by atoms with Crippen LogP contribution in [0.2, 0.25) is 0 Å². The number of aliphatic hydroxyl groups excluding tert-OH is 1. The smallest absolute Gasteiger partial charge is 0.395 e. The Morgan fingerprint density at radius 2 is 0.788 bits per heavy atom. The molecule has 0 aromatic heterocycles. The van der Waals surface area contributed by atoms with E-state index < -0.39 is 10.4 Å². The van der Waals surface area contributed by atoms with E-state index in [1.54, 1.807) is 0 Å². The Kier molecular flexibility index (Phi) is 42.9. The van der Waals surface area contributed by atoms with Crippen molar-refractivity contribution in [3.8, 4) is 0 Å². The van der Waals surface area contributed by atoms with Gasteiger partial charge in [-0.15, -0.1) is 0 Å². The van der Waals surface area contributed by atoms with Crippen LogP contribution in [-0.2, 0) is 24.2 Å². The Morgan fingerprint density at radius 3 is 1.08 bits per heavy atom. The molecule has 2 N–H and O–H groups in total. The summed E-state index contributed by atoms with van der Waals surface area (Å²) < 4.78 is 29.7. The molecule has 0 radical (unpaired) electrons. The van der Waals surface area contributed by atoms with Gasteiger partial charge < -0.3 is 10.0 Å². The first kappa shape index (κ1) is 52.7. The molecule has 52 heavy (non-hydrogen) atoms. The molecule has 0 aromatic rings. The summed E-state index contributed by atoms with van der Waals surface area (Å²) in [4.78, 5) is 26.9. The minimum absolute atomic E-state index is 0.0743. The van der Waals surface area contributed by atoms with Crippen LogP contribution in [0.3, 0.4) is 0 Å². The lowest BCUT2D eigenvalue weighted by Gasteiger charge is -2.20. The molecule has 0 aliphatic rings. The molecule has 0 rings (SSSR count). The number of carbonyl (C=O) groups excluding carboxylic acids is 2. The Bertz CT molecular complexity index is 880. The van der Waals surface area contributed by atoms with Crippen molar-refractivity contribution in [3.63, 3.8) is 0 Å². The second-order valence-electron chi connectivity index (χ2n) is 14.4. The topological polar surface area (TPSA) is 121 Å². The van der Waals surface area contributed by atoms with Crippen LogP contribution in [0.5, 0.6) is 0 Å². The summed E-state index contributed by atoms with van der Waals surface area (Å²) >= 11 is 0. The van der Waals surface area contributed by atoms with Crippen LogP contribution in [0.25, 0.3) is 0 Å². The first-order valence-corrected chi connectivity index (χ1v) is 22.8. The van der Waals surface area contributed by atoms with Crippen LogP contribution in [0.4, 0.5) is 0 Å². The predicted octanol–water partition coefficient (Wildman–Crippen LogP) is 11.7. The maximum atomic E-state index is 12.4. The number of carbonyl (C=O) groups is 2. The third kappa shape index (κ3) is 46.6. The number of ketones is 2. The van der Waals surface area contributed by atoms with Crippen LogP contribution in [0, 0.1) is 0 Å². The molecule has 0 amide bonds. The fourth-order valence-corrected chi connectivity index (χ4v) is 6.08. The van der Waals surface area contributed by atoms with E-state index in [1.807, 2.05) is 0 Å². The van der Waals surface area contributed by atoms with Gasteiger partial charge in [-0.25, -0.2) is 0 Å². The molecule has 8 nitrogen and oxygen atoms in total. The van der Waals surface area contributed by atoms with Crippen molar-refractivity contribution in [1.29, 1.82) is 0 Å². The predicted molar refractivity (Wildman–Crippen MR) is 220 cm³/mol. The van der Waals surface area contributed by atoms with Crippen molar-refractivity contribution in [2.24, 2.45) is 0 Å². The SMILES string of the molecule is CCCCCCCC/C=C\CCCCCCCC(=O)CCN(CCO)CCC(=O)CCCCCCC/C=C\CCCCCCCC.COS(=O)(=O)O. The second kappa shape index (κ2) is 42.4. The monoisotopic (exact) mass is 758 g/mol. The Morgan fingerprint density at radius 1 is 0.500 bits per heavy atom. The number of nitrogens with zero attached hydrogens (tertiary/aromatic N) is 1. The second-order valence-corrected chi connectivity index (χ2v) is 15.6. The van der Waals surface area contributed by atoms with E-state index in [1.165, 1.54) is 141 Å². The van der Waals surface area contributed by atoms with Gasteiger partial charge in [0.2, 0.25) is 0 Å². The fourth-order valence-electron chi connectivity index (χ4n) is 6.08. The molecule has 0 aliphatic heterocycles. The summed E-state index contributed by atoms with van der Waals surface area (Å²) in [5, 5.41) is 9.45. The summed E-state index contributed by atoms with van der Waals surface area (Å²) in [5.74, 6) is 0.639. The van der Waals surface area contributed by atoms with Crippen LogP contribution in [0.15, 0.2) is 24.3 Å². The Hall–Kier alpha value is -1.39. The zero-order valence-corrected chi connectivity index (χ0v) is 35.0. The molecular weight excluding hydrogens is 675 g/mol. The molecule has 0 aliphatic carbocycles. The van der Waals surface area contributed by atoms with E-state index >= 15 is 0 Å². The molecule has 9 heteroatoms. The molecule has 0 saturated heterocycles. The van der Waals surface area contributed by atoms with E-state index in [0.29, 0.717) is 56.9 Å². The third-order valence-corrected chi connectivity index (χ3v) is 9.90. The number of Topliss-reactive ketones (excluding diaryl/α,β-unsaturated/α-hetero) is 2. The third-order valence-electron chi connectivity index (χ3n) is 9.48. The standard InChI is InChI=1S/C42H79NO3.CH4O4S/c1-3-5-7-9-11-13-15-17-19-21-23-25-27-29-31-33-41(45)35-37-43(39-40-44)38-36-42(46)34-32-30-28-26-24-22-20-18-16-14-12-10-8-6-4-2;1-5-6(2,3)4/h17-20,44H,3-16,21-40H2,1-2H3;1H3,(H,2,3,4)/b19-17-,20-18-;. The quantitative estimate of drug-likeness (QED) is 0.0361. The van der Waals surface area contributed by atoms with Gasteiger partial charge in [0.25, 0.3) is 0 Å². The summed E-state index contributed by atoms with van der Waals surface area (Å²) in [7, 11) is -3.29. The molecule has 0 unspecified atom stereocenters. The molecule has 0 heterocycles. The van der Waals surface area contributed by atoms with Crippen LogP contribution in [-0.4, -0.2) is 67.9 Å². The molecule has 0 atom stereocenters. The molecule has 0 saturated carbocycles. The van der Waals surface area contributed by atoms with Crippen molar-refractivity contribution < 1.29 is 31.8 Å². The number of hydrogen-bond acceptors (Lipinski definition) is 7. The van der Waals surface area contributed by atoms with Gasteiger partial charge in [0, 0.05) is 45.3 Å². The Labute approximate surface area is 322 Å². The van der Waals surface area contributed by atoms with E-state index in [9.17, 15) is 23.1 Å². The van der Waals surface area contributed by atoms with Gasteiger partial charge >= 0.3 is 10.4 Å². The fraction of sp³-hybridized carbons (Fsp3) is 0.860. The number of hydrogen-bond donors (Lipinski definition) is 2. The van der Waals surface area contributed by atoms with Crippen molar-refractivity contribution >= 4 is 22.0 Å². The van der Waals surface area contributed by atoms with Crippen molar-refractivity contribution in [1.82, 2.24) is 4.90 Å². The van der Waals surface area contributed by atoms with Crippen LogP contribution in [0.1, 0.15) is 206 Å². The van der Waals surface area contributed by atoms with E-state index in [-0.39, 0.29) is 6.61 Å². The molecule has 308 valence electrons. The molecular formula is C43H83NO7S. The highest BCUT2D eigenvalue weighted by Crippen LogP contribution is 2.13. The number of allylic oxidation sites excluding steroid dienone is 4. The zero-order chi connectivity index (χ0) is 38.8. The minimum atomic E-state index is -4.16. The van der Waals surface area contributed by atoms with Gasteiger partial charge in [-0.1, -0.05) is 141 Å². The van der Waals surface area contributed by atoms with E-state index in [0.717, 1.165) is 32.8 Å². The van der Waals surface area contributed by atoms with Gasteiger partial charge in [-0.05, 0) is 64.2 Å². The summed E-state index contributed by atoms with van der Waals surface area (Å²) in [6, 6.07) is 0. The molecule has 0 bridgehead atoms. The van der Waals surface area contributed by atoms with E-state index in [4.69, 9.17) is 4.55 Å². The van der Waals surface area contributed by atoms with Crippen LogP contribution >= 0.6 is 0 Å². The summed E-state index contributed by atoms with van der Waals surface area (Å²) in [5.41, 5.74) is 0. The minimum Gasteiger partial charge on any atom is -0.395 e. The van der Waals surface area contributed by atoms with Crippen LogP contribution < -0.4 is 0 Å². The average Bonchev–Trinajstić information content (AvgIpc) is 3.12. The average molecular weight is 758 g/mol. The summed E-state index contributed by atoms with van der Waals surface area (Å²) in [6.45, 7) is 6.47. The lowest BCUT2D eigenvalue weighted by Crippen LogP contribution is -2.31. The van der Waals surface area contributed by atoms with Crippen molar-refractivity contribution in [2.75, 3.05) is 33.4 Å². The summed E-state index contributed by atoms with van der Waals surface area (Å²) in [6.07, 6.45) is 44.8. The largest absolute Gasteiger partial charge is 0.397 e. The van der Waals surface area contributed by atoms with Gasteiger partial charge in [0.05, 0.1) is 13.7 Å². The number of aliphatic hydroxyl groups is 1. The van der Waals surface area contributed by atoms with Gasteiger partial charge in [0.15, 0.2) is 0 Å². The highest BCUT2D eigenvalue weighted by Gasteiger charge is 2.11. The zero-order valence-electron chi connectivity index (χ0n) is 34.1. The normalized spacial score (nSPS) is 11.9. The van der Waals surface area contributed by atoms with Crippen molar-refractivity contribution in [2.45, 2.75) is 206 Å².